The lowest BCUT2D eigenvalue weighted by molar-refractivity contribution is -0.137. The second-order valence-electron chi connectivity index (χ2n) is 17.8. The maximum absolute atomic E-state index is 14.1. The Morgan fingerprint density at radius 1 is 0.556 bits per heavy atom. The van der Waals surface area contributed by atoms with Crippen LogP contribution >= 0.6 is 0 Å². The number of hydrogen-bond acceptors (Lipinski definition) is 16. The Labute approximate surface area is 459 Å². The highest BCUT2D eigenvalue weighted by atomic mass is 16.3. The Balaban J connectivity index is 1.33. The van der Waals surface area contributed by atoms with E-state index >= 15 is 0 Å². The van der Waals surface area contributed by atoms with Gasteiger partial charge in [-0.2, -0.15) is 0 Å². The molecule has 1 aliphatic heterocycles. The molecular weight excluding hydrogens is 1060 g/mol. The Hall–Kier alpha value is -11.1. The van der Waals surface area contributed by atoms with Crippen LogP contribution in [0.3, 0.4) is 0 Å². The number of nitrogens with two attached hydrogens (primary N) is 6. The molecule has 0 saturated carbocycles. The van der Waals surface area contributed by atoms with Gasteiger partial charge < -0.3 is 107 Å². The Morgan fingerprint density at radius 3 is 1.49 bits per heavy atom. The summed E-state index contributed by atoms with van der Waals surface area (Å²) in [6.45, 7) is 0. The van der Waals surface area contributed by atoms with E-state index in [-0.39, 0.29) is 11.1 Å². The average Bonchev–Trinajstić information content (AvgIpc) is 3.57. The quantitative estimate of drug-likeness (QED) is 0.0101. The molecule has 5 rings (SSSR count). The van der Waals surface area contributed by atoms with E-state index in [2.05, 4.69) is 37.2 Å². The number of amides is 8. The van der Waals surface area contributed by atoms with Crippen LogP contribution in [0.25, 0.3) is 33.4 Å². The van der Waals surface area contributed by atoms with E-state index in [1.54, 1.807) is 18.2 Å². The number of nitrogens with zero attached hydrogens (tertiary/aromatic N) is 2. The van der Waals surface area contributed by atoms with Crippen LogP contribution in [-0.4, -0.2) is 141 Å². The Kier molecular flexibility index (Phi) is 20.1. The first-order chi connectivity index (χ1) is 38.1. The highest BCUT2D eigenvalue weighted by Crippen LogP contribution is 2.40. The SMILES string of the molecule is CN(C)c1ccc2c(-c3ccc(C(=O)NC(O)C(=O)NC(C(=O)NC(NC(=N)N)C(=O)NC(NC(=N)N)C(=O)NC(NC(=N)N)C(=O)NC(NC(=N)N)C(=O)NC(N)C(N)=O)c4ccccc4)cc3)c3ccc(=[N+](C)C)cc-3oc2c1. The standard InChI is InChI=1S/C48H61N23O10/c1-70(2)23-14-16-25-27(18-23)81-28-19-24(71(3)4)15-17-26(28)29(25)20-10-12-22(13-11-20)37(73)69-44(80)43(79)59-30(21-8-6-5-7-9-21)38(74)61-34(66-46(53)54)40(76)63-36(68-48(57)58)42(78)64-35(67-47(55)56)41(77)62-33(65-45(51)52)39(75)60-31(49)32(50)72/h5-19,30-31,33-36,44,80H,49H2,1-4H3,(H24-,50,51,52,53,54,55,56,57,58,59,60,61,62,63,64,65,66,67,68,69,72,73,74,75,76,77,78,79)/p+1. The minimum Gasteiger partial charge on any atom is -0.456 e. The summed E-state index contributed by atoms with van der Waals surface area (Å²) in [5.41, 5.74) is 36.2. The van der Waals surface area contributed by atoms with Gasteiger partial charge in [0.25, 0.3) is 41.4 Å². The van der Waals surface area contributed by atoms with E-state index in [0.29, 0.717) is 16.9 Å². The summed E-state index contributed by atoms with van der Waals surface area (Å²) >= 11 is 0. The number of carbonyl (C=O) groups excluding carboxylic acids is 8. The molecule has 0 fully saturated rings. The van der Waals surface area contributed by atoms with E-state index in [1.165, 1.54) is 36.4 Å². The number of fused-ring (bicyclic) bond motifs is 2. The molecule has 0 spiro atoms. The van der Waals surface area contributed by atoms with Crippen LogP contribution in [0.1, 0.15) is 22.0 Å². The molecule has 28 N–H and O–H groups in total. The first-order valence-electron chi connectivity index (χ1n) is 23.8. The number of hydrogen-bond donors (Lipinski definition) is 22. The number of aliphatic hydroxyl groups excluding tert-OH is 1. The molecule has 3 aromatic carbocycles. The molecule has 0 saturated heterocycles. The number of nitrogens with one attached hydrogen (secondary N) is 15. The highest BCUT2D eigenvalue weighted by molar-refractivity contribution is 6.05. The normalized spacial score (nSPS) is 13.3. The zero-order chi connectivity index (χ0) is 60.0. The van der Waals surface area contributed by atoms with Crippen LogP contribution in [0.4, 0.5) is 5.69 Å². The topological polar surface area (TPSA) is 560 Å². The molecule has 428 valence electrons. The predicted molar refractivity (Wildman–Crippen MR) is 294 cm³/mol. The molecule has 33 heteroatoms. The highest BCUT2D eigenvalue weighted by Gasteiger charge is 2.35. The van der Waals surface area contributed by atoms with Gasteiger partial charge in [-0.3, -0.25) is 60.0 Å². The maximum Gasteiger partial charge on any atom is 0.270 e. The third kappa shape index (κ3) is 16.5. The molecule has 81 heavy (non-hydrogen) atoms. The number of rotatable bonds is 22. The monoisotopic (exact) mass is 1120 g/mol. The minimum absolute atomic E-state index is 0.0373. The predicted octanol–water partition coefficient (Wildman–Crippen LogP) is -7.20. The van der Waals surface area contributed by atoms with E-state index < -0.39 is 114 Å². The van der Waals surface area contributed by atoms with Crippen molar-refractivity contribution in [1.29, 1.82) is 21.6 Å². The van der Waals surface area contributed by atoms with Crippen molar-refractivity contribution < 1.29 is 47.9 Å². The van der Waals surface area contributed by atoms with Gasteiger partial charge in [0, 0.05) is 54.0 Å². The van der Waals surface area contributed by atoms with E-state index in [4.69, 9.17) is 60.5 Å². The summed E-state index contributed by atoms with van der Waals surface area (Å²) in [4.78, 5) is 108. The van der Waals surface area contributed by atoms with Crippen molar-refractivity contribution in [2.24, 2.45) is 34.4 Å². The molecule has 3 aromatic rings. The van der Waals surface area contributed by atoms with Gasteiger partial charge in [0.05, 0.1) is 6.07 Å². The van der Waals surface area contributed by atoms with Crippen LogP contribution in [0, 0.1) is 21.6 Å². The van der Waals surface area contributed by atoms with Crippen molar-refractivity contribution in [3.8, 4) is 22.5 Å². The zero-order valence-corrected chi connectivity index (χ0v) is 43.7. The van der Waals surface area contributed by atoms with Crippen LogP contribution in [-0.2, 0) is 33.6 Å². The van der Waals surface area contributed by atoms with Crippen molar-refractivity contribution in [1.82, 2.24) is 63.1 Å². The number of anilines is 1. The third-order valence-electron chi connectivity index (χ3n) is 11.4. The van der Waals surface area contributed by atoms with E-state index in [9.17, 15) is 43.5 Å². The van der Waals surface area contributed by atoms with Crippen LogP contribution in [0.2, 0.25) is 0 Å². The van der Waals surface area contributed by atoms with E-state index in [0.717, 1.165) is 27.6 Å². The van der Waals surface area contributed by atoms with Gasteiger partial charge in [0.1, 0.15) is 31.5 Å². The second kappa shape index (κ2) is 26.8. The lowest BCUT2D eigenvalue weighted by atomic mass is 9.93. The molecule has 2 aliphatic rings. The smallest absolute Gasteiger partial charge is 0.270 e. The summed E-state index contributed by atoms with van der Waals surface area (Å²) in [6.07, 6.45) is -12.5. The number of benzene rings is 4. The fourth-order valence-electron chi connectivity index (χ4n) is 7.46. The van der Waals surface area contributed by atoms with Crippen LogP contribution in [0.5, 0.6) is 0 Å². The first-order valence-corrected chi connectivity index (χ1v) is 23.8. The molecule has 33 nitrogen and oxygen atoms in total. The Bertz CT molecular complexity index is 3310. The fourth-order valence-corrected chi connectivity index (χ4v) is 7.46. The van der Waals surface area contributed by atoms with Gasteiger partial charge in [0.15, 0.2) is 54.7 Å². The molecule has 1 heterocycles. The molecular formula is C48H62N23O10+. The first kappa shape index (κ1) is 60.8. The molecule has 7 atom stereocenters. The Morgan fingerprint density at radius 2 is 1.04 bits per heavy atom. The number of carbonyl (C=O) groups is 8. The van der Waals surface area contributed by atoms with E-state index in [1.807, 2.05) is 95.3 Å². The second-order valence-corrected chi connectivity index (χ2v) is 17.8. The molecule has 1 aliphatic carbocycles. The van der Waals surface area contributed by atoms with Crippen LogP contribution in [0.15, 0.2) is 95.4 Å². The lowest BCUT2D eigenvalue weighted by Crippen LogP contribution is -2.69. The van der Waals surface area contributed by atoms with Gasteiger partial charge in [-0.05, 0) is 41.5 Å². The number of guanidine groups is 4. The summed E-state index contributed by atoms with van der Waals surface area (Å²) in [5.74, 6) is -13.2. The van der Waals surface area contributed by atoms with Gasteiger partial charge in [0.2, 0.25) is 17.5 Å². The minimum atomic E-state index is -2.28. The summed E-state index contributed by atoms with van der Waals surface area (Å²) in [6, 6.07) is 23.6. The number of primary amides is 1. The van der Waals surface area contributed by atoms with Gasteiger partial charge in [-0.15, -0.1) is 0 Å². The largest absolute Gasteiger partial charge is 0.456 e. The molecule has 0 aromatic heterocycles. The van der Waals surface area contributed by atoms with Crippen molar-refractivity contribution >= 4 is 87.8 Å². The third-order valence-corrected chi connectivity index (χ3v) is 11.4. The van der Waals surface area contributed by atoms with Crippen LogP contribution < -0.4 is 108 Å². The van der Waals surface area contributed by atoms with Crippen molar-refractivity contribution in [2.45, 2.75) is 43.1 Å². The lowest BCUT2D eigenvalue weighted by Gasteiger charge is -2.28. The molecule has 7 unspecified atom stereocenters. The maximum atomic E-state index is 14.1. The molecule has 8 amide bonds. The van der Waals surface area contributed by atoms with Gasteiger partial charge in [-0.1, -0.05) is 42.5 Å². The molecule has 0 radical (unpaired) electrons. The van der Waals surface area contributed by atoms with Crippen molar-refractivity contribution in [2.75, 3.05) is 33.1 Å². The van der Waals surface area contributed by atoms with Gasteiger partial charge >= 0.3 is 0 Å². The number of aliphatic hydroxyl groups is 1. The molecule has 0 bridgehead atoms. The summed E-state index contributed by atoms with van der Waals surface area (Å²) in [7, 11) is 7.65. The van der Waals surface area contributed by atoms with Crippen molar-refractivity contribution in [3.05, 3.63) is 107 Å². The van der Waals surface area contributed by atoms with Crippen molar-refractivity contribution in [3.63, 3.8) is 0 Å². The van der Waals surface area contributed by atoms with Gasteiger partial charge in [-0.25, -0.2) is 4.58 Å². The fraction of sp³-hybridized carbons (Fsp3) is 0.229. The average molecular weight is 1120 g/mol. The summed E-state index contributed by atoms with van der Waals surface area (Å²) in [5, 5.41) is 66.6. The summed E-state index contributed by atoms with van der Waals surface area (Å²) < 4.78 is 8.35. The zero-order valence-electron chi connectivity index (χ0n) is 43.7.